The van der Waals surface area contributed by atoms with Crippen LogP contribution < -0.4 is 20.1 Å². The van der Waals surface area contributed by atoms with Crippen molar-refractivity contribution in [2.24, 2.45) is 5.73 Å². The molecule has 0 fully saturated rings. The van der Waals surface area contributed by atoms with E-state index in [2.05, 4.69) is 35.4 Å². The third kappa shape index (κ3) is 5.81. The van der Waals surface area contributed by atoms with E-state index in [-0.39, 0.29) is 17.3 Å². The summed E-state index contributed by atoms with van der Waals surface area (Å²) in [6, 6.07) is 14.2. The minimum atomic E-state index is -0.0170. The monoisotopic (exact) mass is 472 g/mol. The first-order chi connectivity index (χ1) is 15.5. The van der Waals surface area contributed by atoms with Crippen molar-refractivity contribution in [3.8, 4) is 5.75 Å². The Morgan fingerprint density at radius 2 is 2.22 bits per heavy atom. The molecule has 1 aliphatic rings. The van der Waals surface area contributed by atoms with Crippen molar-refractivity contribution in [2.75, 3.05) is 39.2 Å². The molecule has 0 spiro atoms. The van der Waals surface area contributed by atoms with Gasteiger partial charge in [-0.05, 0) is 61.2 Å². The van der Waals surface area contributed by atoms with Crippen LogP contribution in [0, 0.1) is 0 Å². The summed E-state index contributed by atoms with van der Waals surface area (Å²) in [5.74, 6) is 0.855. The van der Waals surface area contributed by atoms with Crippen molar-refractivity contribution in [2.45, 2.75) is 34.0 Å². The first-order valence-electron chi connectivity index (χ1n) is 10.6. The molecule has 0 aromatic heterocycles. The number of hydrogen-bond donors (Lipinski definition) is 2. The summed E-state index contributed by atoms with van der Waals surface area (Å²) in [6.45, 7) is 4.88. The van der Waals surface area contributed by atoms with E-state index in [1.165, 1.54) is 10.6 Å². The number of fused-ring (bicyclic) bond motifs is 1. The second kappa shape index (κ2) is 11.7. The van der Waals surface area contributed by atoms with Gasteiger partial charge in [-0.3, -0.25) is 9.52 Å². The van der Waals surface area contributed by atoms with Gasteiger partial charge in [0, 0.05) is 48.6 Å². The molecular formula is C24H32N4O2S2. The highest BCUT2D eigenvalue weighted by molar-refractivity contribution is 8.00. The number of nitrogens with two attached hydrogens (primary N) is 1. The molecule has 2 atom stereocenters. The number of carbonyl (C=O) groups is 1. The zero-order valence-corrected chi connectivity index (χ0v) is 20.5. The number of rotatable bonds is 11. The summed E-state index contributed by atoms with van der Waals surface area (Å²) in [5, 5.41) is 0.241. The molecule has 1 aliphatic heterocycles. The average molecular weight is 473 g/mol. The fourth-order valence-corrected chi connectivity index (χ4v) is 5.98. The van der Waals surface area contributed by atoms with Crippen LogP contribution in [0.4, 0.5) is 5.69 Å². The van der Waals surface area contributed by atoms with Gasteiger partial charge in [0.25, 0.3) is 5.91 Å². The van der Waals surface area contributed by atoms with E-state index in [0.29, 0.717) is 18.7 Å². The predicted octanol–water partition coefficient (Wildman–Crippen LogP) is 4.23. The van der Waals surface area contributed by atoms with Crippen LogP contribution in [0.15, 0.2) is 64.9 Å². The fraction of sp³-hybridized carbons (Fsp3) is 0.375. The zero-order valence-electron chi connectivity index (χ0n) is 18.9. The Kier molecular flexibility index (Phi) is 8.92. The molecule has 0 bridgehead atoms. The lowest BCUT2D eigenvalue weighted by Gasteiger charge is -2.30. The van der Waals surface area contributed by atoms with Gasteiger partial charge in [-0.2, -0.15) is 0 Å². The third-order valence-electron chi connectivity index (χ3n) is 5.42. The van der Waals surface area contributed by atoms with Gasteiger partial charge >= 0.3 is 0 Å². The topological polar surface area (TPSA) is 70.8 Å². The normalized spacial score (nSPS) is 15.9. The molecule has 1 heterocycles. The second-order valence-electron chi connectivity index (χ2n) is 7.69. The van der Waals surface area contributed by atoms with E-state index >= 15 is 0 Å². The number of nitrogens with one attached hydrogen (secondary N) is 1. The van der Waals surface area contributed by atoms with Crippen molar-refractivity contribution in [3.63, 3.8) is 0 Å². The van der Waals surface area contributed by atoms with Crippen LogP contribution in [0.5, 0.6) is 5.75 Å². The molecule has 0 radical (unpaired) electrons. The number of ether oxygens (including phenoxy) is 1. The summed E-state index contributed by atoms with van der Waals surface area (Å²) in [7, 11) is 5.61. The van der Waals surface area contributed by atoms with E-state index in [9.17, 15) is 4.79 Å². The number of thioether (sulfide) groups is 1. The smallest absolute Gasteiger partial charge is 0.253 e. The van der Waals surface area contributed by atoms with Crippen molar-refractivity contribution in [3.05, 3.63) is 60.7 Å². The largest absolute Gasteiger partial charge is 0.497 e. The average Bonchev–Trinajstić information content (AvgIpc) is 3.14. The molecule has 0 aliphatic carbocycles. The first-order valence-corrected chi connectivity index (χ1v) is 12.3. The molecular weight excluding hydrogens is 440 g/mol. The van der Waals surface area contributed by atoms with Crippen LogP contribution in [0.1, 0.15) is 23.2 Å². The van der Waals surface area contributed by atoms with E-state index in [1.807, 2.05) is 48.2 Å². The summed E-state index contributed by atoms with van der Waals surface area (Å²) >= 11 is 3.41. The quantitative estimate of drug-likeness (QED) is 0.375. The van der Waals surface area contributed by atoms with Gasteiger partial charge in [-0.25, -0.2) is 0 Å². The highest BCUT2D eigenvalue weighted by atomic mass is 32.2. The van der Waals surface area contributed by atoms with Crippen molar-refractivity contribution < 1.29 is 9.53 Å². The van der Waals surface area contributed by atoms with Crippen LogP contribution in [0.2, 0.25) is 0 Å². The van der Waals surface area contributed by atoms with Gasteiger partial charge in [0.1, 0.15) is 5.75 Å². The van der Waals surface area contributed by atoms with Crippen LogP contribution >= 0.6 is 23.7 Å². The molecule has 2 aromatic carbocycles. The van der Waals surface area contributed by atoms with Crippen LogP contribution in [-0.2, 0) is 0 Å². The fourth-order valence-electron chi connectivity index (χ4n) is 3.61. The molecule has 172 valence electrons. The lowest BCUT2D eigenvalue weighted by molar-refractivity contribution is 0.0799. The number of methoxy groups -OCH3 is 1. The van der Waals surface area contributed by atoms with Crippen LogP contribution in [0.25, 0.3) is 0 Å². The second-order valence-corrected chi connectivity index (χ2v) is 9.76. The number of allylic oxidation sites excluding steroid dienone is 1. The minimum absolute atomic E-state index is 0.0170. The Hall–Kier alpha value is -2.13. The Morgan fingerprint density at radius 3 is 2.94 bits per heavy atom. The van der Waals surface area contributed by atoms with Gasteiger partial charge < -0.3 is 20.3 Å². The number of nitrogens with zero attached hydrogens (tertiary/aromatic N) is 2. The van der Waals surface area contributed by atoms with E-state index < -0.39 is 0 Å². The molecule has 1 amide bonds. The maximum absolute atomic E-state index is 12.6. The minimum Gasteiger partial charge on any atom is -0.497 e. The first kappa shape index (κ1) is 24.5. The molecule has 3 rings (SSSR count). The molecule has 8 heteroatoms. The van der Waals surface area contributed by atoms with Gasteiger partial charge in [0.15, 0.2) is 0 Å². The highest BCUT2D eigenvalue weighted by Gasteiger charge is 2.33. The number of likely N-dealkylation sites (N-methyl/N-ethyl adjacent to an activating group) is 2. The number of carbonyl (C=O) groups excluding carboxylic acids is 1. The van der Waals surface area contributed by atoms with Gasteiger partial charge in [0.2, 0.25) is 0 Å². The maximum atomic E-state index is 12.6. The Bertz CT molecular complexity index is 940. The maximum Gasteiger partial charge on any atom is 0.253 e. The van der Waals surface area contributed by atoms with E-state index in [4.69, 9.17) is 10.5 Å². The summed E-state index contributed by atoms with van der Waals surface area (Å²) in [4.78, 5) is 18.8. The van der Waals surface area contributed by atoms with E-state index in [1.54, 1.807) is 31.0 Å². The third-order valence-corrected chi connectivity index (χ3v) is 7.80. The predicted molar refractivity (Wildman–Crippen MR) is 136 cm³/mol. The summed E-state index contributed by atoms with van der Waals surface area (Å²) < 4.78 is 9.06. The Morgan fingerprint density at radius 1 is 1.41 bits per heavy atom. The van der Waals surface area contributed by atoms with Crippen LogP contribution in [-0.4, -0.2) is 56.5 Å². The Labute approximate surface area is 199 Å². The van der Waals surface area contributed by atoms with Crippen molar-refractivity contribution in [1.82, 2.24) is 9.62 Å². The number of hydrogen-bond acceptors (Lipinski definition) is 7. The lowest BCUT2D eigenvalue weighted by Crippen LogP contribution is -2.42. The molecule has 6 nitrogen and oxygen atoms in total. The molecule has 32 heavy (non-hydrogen) atoms. The number of amides is 1. The molecule has 2 aromatic rings. The number of anilines is 1. The number of benzene rings is 2. The standard InChI is InChI=1S/C24H32N4O2S2/c1-5-6-10-20(24-28(3)21-12-11-18(30-4)16-22(21)31-24)26-32-19-9-7-8-17(15-19)23(29)27(2)14-13-25/h5,7-9,11-12,15-16,20,24,26H,1,6,10,13-14,25H2,2-4H3. The highest BCUT2D eigenvalue weighted by Crippen LogP contribution is 2.46. The van der Waals surface area contributed by atoms with Crippen molar-refractivity contribution >= 4 is 35.3 Å². The Balaban J connectivity index is 1.71. The van der Waals surface area contributed by atoms with Gasteiger partial charge in [0.05, 0.1) is 18.2 Å². The van der Waals surface area contributed by atoms with Crippen LogP contribution in [0.3, 0.4) is 0 Å². The molecule has 2 unspecified atom stereocenters. The SMILES string of the molecule is C=CCCC(NSc1cccc(C(=O)N(C)CCN)c1)C1Sc2cc(OC)ccc2N1C. The van der Waals surface area contributed by atoms with Gasteiger partial charge in [-0.1, -0.05) is 23.9 Å². The molecule has 0 saturated heterocycles. The van der Waals surface area contributed by atoms with Gasteiger partial charge in [-0.15, -0.1) is 6.58 Å². The zero-order chi connectivity index (χ0) is 23.1. The van der Waals surface area contributed by atoms with Crippen molar-refractivity contribution in [1.29, 1.82) is 0 Å². The summed E-state index contributed by atoms with van der Waals surface area (Å²) in [6.07, 6.45) is 3.84. The van der Waals surface area contributed by atoms with E-state index in [0.717, 1.165) is 23.5 Å². The lowest BCUT2D eigenvalue weighted by atomic mass is 10.1. The summed E-state index contributed by atoms with van der Waals surface area (Å²) in [5.41, 5.74) is 7.47. The molecule has 3 N–H and O–H groups in total. The molecule has 0 saturated carbocycles.